The number of fused-ring (bicyclic) bond motifs is 1. The van der Waals surface area contributed by atoms with E-state index >= 15 is 0 Å². The van der Waals surface area contributed by atoms with Gasteiger partial charge in [0.25, 0.3) is 0 Å². The Morgan fingerprint density at radius 3 is 2.85 bits per heavy atom. The van der Waals surface area contributed by atoms with Crippen LogP contribution in [0.15, 0.2) is 34.7 Å². The lowest BCUT2D eigenvalue weighted by Gasteiger charge is -1.96. The van der Waals surface area contributed by atoms with Crippen LogP contribution in [-0.2, 0) is 0 Å². The molecule has 100 valence electrons. The van der Waals surface area contributed by atoms with Gasteiger partial charge in [-0.1, -0.05) is 6.07 Å². The largest absolute Gasteiger partial charge is 0.360 e. The van der Waals surface area contributed by atoms with Crippen LogP contribution in [0.2, 0.25) is 0 Å². The van der Waals surface area contributed by atoms with Crippen molar-refractivity contribution >= 4 is 46.4 Å². The Balaban J connectivity index is 2.05. The van der Waals surface area contributed by atoms with Crippen LogP contribution in [0.4, 0.5) is 0 Å². The number of carbonyl (C=O) groups excluding carboxylic acids is 2. The summed E-state index contributed by atoms with van der Waals surface area (Å²) < 4.78 is 0. The number of nitrogens with one attached hydrogen (secondary N) is 1. The van der Waals surface area contributed by atoms with E-state index in [1.54, 1.807) is 11.6 Å². The Bertz CT molecular complexity index is 833. The summed E-state index contributed by atoms with van der Waals surface area (Å²) in [6, 6.07) is 5.54. The zero-order valence-electron chi connectivity index (χ0n) is 10.5. The number of thiol groups is 1. The van der Waals surface area contributed by atoms with Crippen molar-refractivity contribution < 1.29 is 9.59 Å². The first-order valence-corrected chi connectivity index (χ1v) is 7.20. The molecule has 3 rings (SSSR count). The number of H-pyrrole nitrogens is 1. The van der Waals surface area contributed by atoms with E-state index in [0.29, 0.717) is 16.3 Å². The molecule has 1 aromatic carbocycles. The van der Waals surface area contributed by atoms with Crippen molar-refractivity contribution in [3.05, 3.63) is 46.0 Å². The van der Waals surface area contributed by atoms with Crippen molar-refractivity contribution in [3.63, 3.8) is 0 Å². The van der Waals surface area contributed by atoms with E-state index in [4.69, 9.17) is 0 Å². The van der Waals surface area contributed by atoms with Gasteiger partial charge in [0.2, 0.25) is 5.78 Å². The van der Waals surface area contributed by atoms with E-state index in [2.05, 4.69) is 22.6 Å². The lowest BCUT2D eigenvalue weighted by atomic mass is 10.1. The molecule has 0 atom stereocenters. The second kappa shape index (κ2) is 4.88. The van der Waals surface area contributed by atoms with E-state index in [0.717, 1.165) is 15.8 Å². The Labute approximate surface area is 124 Å². The highest BCUT2D eigenvalue weighted by molar-refractivity contribution is 7.80. The summed E-state index contributed by atoms with van der Waals surface area (Å²) in [6.45, 7) is 1.43. The fraction of sp³-hybridized carbons (Fsp3) is 0.0714. The number of hydrogen-bond acceptors (Lipinski definition) is 5. The number of carbonyl (C=O) groups is 2. The van der Waals surface area contributed by atoms with Crippen LogP contribution in [0, 0.1) is 0 Å². The van der Waals surface area contributed by atoms with E-state index in [9.17, 15) is 9.59 Å². The predicted octanol–water partition coefficient (Wildman–Crippen LogP) is 3.35. The highest BCUT2D eigenvalue weighted by Crippen LogP contribution is 2.24. The number of ketones is 2. The van der Waals surface area contributed by atoms with Crippen molar-refractivity contribution in [2.45, 2.75) is 11.8 Å². The first-order valence-electron chi connectivity index (χ1n) is 5.87. The minimum absolute atomic E-state index is 0.140. The fourth-order valence-corrected chi connectivity index (χ4v) is 2.97. The summed E-state index contributed by atoms with van der Waals surface area (Å²) in [5.41, 5.74) is 1.73. The number of aromatic amines is 1. The minimum Gasteiger partial charge on any atom is -0.360 e. The lowest BCUT2D eigenvalue weighted by Crippen LogP contribution is -2.01. The zero-order valence-corrected chi connectivity index (χ0v) is 12.2. The summed E-state index contributed by atoms with van der Waals surface area (Å²) in [4.78, 5) is 31.6. The summed E-state index contributed by atoms with van der Waals surface area (Å²) in [5, 5.41) is 2.76. The minimum atomic E-state index is -0.180. The average molecular weight is 302 g/mol. The van der Waals surface area contributed by atoms with Gasteiger partial charge < -0.3 is 4.98 Å². The summed E-state index contributed by atoms with van der Waals surface area (Å²) in [5.74, 6) is -0.320. The zero-order chi connectivity index (χ0) is 14.3. The number of thiazole rings is 1. The Kier molecular flexibility index (Phi) is 3.19. The van der Waals surface area contributed by atoms with Gasteiger partial charge in [0.1, 0.15) is 5.69 Å². The van der Waals surface area contributed by atoms with Crippen LogP contribution in [0.1, 0.15) is 32.8 Å². The highest BCUT2D eigenvalue weighted by atomic mass is 32.1. The Hall–Kier alpha value is -1.92. The molecule has 0 radical (unpaired) electrons. The van der Waals surface area contributed by atoms with Crippen molar-refractivity contribution in [1.29, 1.82) is 0 Å². The Morgan fingerprint density at radius 2 is 2.15 bits per heavy atom. The van der Waals surface area contributed by atoms with Gasteiger partial charge in [-0.25, -0.2) is 4.98 Å². The molecule has 2 aromatic heterocycles. The molecule has 0 aliphatic rings. The summed E-state index contributed by atoms with van der Waals surface area (Å²) in [7, 11) is 0. The van der Waals surface area contributed by atoms with Crippen molar-refractivity contribution in [1.82, 2.24) is 9.97 Å². The third-order valence-electron chi connectivity index (χ3n) is 2.97. The number of aromatic nitrogens is 2. The van der Waals surface area contributed by atoms with E-state index < -0.39 is 0 Å². The molecule has 0 spiro atoms. The second-order valence-corrected chi connectivity index (χ2v) is 5.73. The van der Waals surface area contributed by atoms with Crippen molar-refractivity contribution in [2.75, 3.05) is 0 Å². The number of rotatable bonds is 3. The summed E-state index contributed by atoms with van der Waals surface area (Å²) >= 11 is 5.45. The van der Waals surface area contributed by atoms with Gasteiger partial charge in [-0.2, -0.15) is 0 Å². The van der Waals surface area contributed by atoms with Gasteiger partial charge >= 0.3 is 0 Å². The van der Waals surface area contributed by atoms with Crippen LogP contribution in [0.25, 0.3) is 10.9 Å². The molecule has 4 nitrogen and oxygen atoms in total. The second-order valence-electron chi connectivity index (χ2n) is 4.36. The number of Topliss-reactive ketones (excluding diaryl/α,β-unsaturated/α-hetero) is 1. The smallest absolute Gasteiger partial charge is 0.223 e. The Morgan fingerprint density at radius 1 is 1.35 bits per heavy atom. The average Bonchev–Trinajstić information content (AvgIpc) is 3.04. The molecular formula is C14H10N2O2S2. The molecule has 0 fully saturated rings. The molecule has 0 aliphatic carbocycles. The maximum atomic E-state index is 12.4. The summed E-state index contributed by atoms with van der Waals surface area (Å²) in [6.07, 6.45) is 1.66. The molecule has 0 unspecified atom stereocenters. The fourth-order valence-electron chi connectivity index (χ4n) is 1.96. The van der Waals surface area contributed by atoms with Crippen LogP contribution >= 0.6 is 24.0 Å². The monoisotopic (exact) mass is 302 g/mol. The molecule has 1 N–H and O–H groups in total. The van der Waals surface area contributed by atoms with Crippen LogP contribution in [-0.4, -0.2) is 21.5 Å². The van der Waals surface area contributed by atoms with Gasteiger partial charge in [0.15, 0.2) is 10.8 Å². The molecule has 0 saturated carbocycles. The van der Waals surface area contributed by atoms with Crippen LogP contribution in [0.3, 0.4) is 0 Å². The first-order chi connectivity index (χ1) is 9.56. The highest BCUT2D eigenvalue weighted by Gasteiger charge is 2.18. The molecule has 2 heterocycles. The molecule has 0 amide bonds. The topological polar surface area (TPSA) is 62.8 Å². The standard InChI is InChI=1S/C14H10N2O2S2/c1-7(17)12-6-20-14(16-12)13(18)10-5-15-11-4-8(19)2-3-9(10)11/h2-6,15,19H,1H3. The van der Waals surface area contributed by atoms with Gasteiger partial charge in [-0.15, -0.1) is 24.0 Å². The van der Waals surface area contributed by atoms with E-state index in [1.165, 1.54) is 18.3 Å². The van der Waals surface area contributed by atoms with E-state index in [1.807, 2.05) is 18.2 Å². The molecule has 0 saturated heterocycles. The first kappa shape index (κ1) is 13.1. The van der Waals surface area contributed by atoms with Crippen LogP contribution in [0.5, 0.6) is 0 Å². The van der Waals surface area contributed by atoms with Gasteiger partial charge in [-0.05, 0) is 12.1 Å². The lowest BCUT2D eigenvalue weighted by molar-refractivity contribution is 0.101. The third-order valence-corrected chi connectivity index (χ3v) is 4.09. The van der Waals surface area contributed by atoms with Crippen LogP contribution < -0.4 is 0 Å². The SMILES string of the molecule is CC(=O)c1csc(C(=O)c2c[nH]c3cc(S)ccc23)n1. The maximum Gasteiger partial charge on any atom is 0.223 e. The quantitative estimate of drug-likeness (QED) is 0.576. The molecule has 20 heavy (non-hydrogen) atoms. The molecule has 0 bridgehead atoms. The molecule has 6 heteroatoms. The molecule has 0 aliphatic heterocycles. The number of nitrogens with zero attached hydrogens (tertiary/aromatic N) is 1. The van der Waals surface area contributed by atoms with Gasteiger partial charge in [0.05, 0.1) is 5.56 Å². The third kappa shape index (κ3) is 2.17. The van der Waals surface area contributed by atoms with Crippen molar-refractivity contribution in [3.8, 4) is 0 Å². The van der Waals surface area contributed by atoms with Gasteiger partial charge in [-0.3, -0.25) is 9.59 Å². The molecule has 3 aromatic rings. The maximum absolute atomic E-state index is 12.4. The van der Waals surface area contributed by atoms with Crippen molar-refractivity contribution in [2.24, 2.45) is 0 Å². The number of benzene rings is 1. The normalized spacial score (nSPS) is 10.9. The van der Waals surface area contributed by atoms with Gasteiger partial charge in [0, 0.05) is 34.3 Å². The molecular weight excluding hydrogens is 292 g/mol. The predicted molar refractivity (Wildman–Crippen MR) is 81.1 cm³/mol. The van der Waals surface area contributed by atoms with E-state index in [-0.39, 0.29) is 11.6 Å². The number of hydrogen-bond donors (Lipinski definition) is 2.